The Labute approximate surface area is 63.2 Å². The predicted octanol–water partition coefficient (Wildman–Crippen LogP) is 1.64. The summed E-state index contributed by atoms with van der Waals surface area (Å²) < 4.78 is 0. The van der Waals surface area contributed by atoms with E-state index in [0.29, 0.717) is 0 Å². The Morgan fingerprint density at radius 3 is 2.80 bits per heavy atom. The second kappa shape index (κ2) is 2.23. The van der Waals surface area contributed by atoms with Gasteiger partial charge in [-0.15, -0.1) is 0 Å². The molecule has 2 rings (SSSR count). The van der Waals surface area contributed by atoms with E-state index in [9.17, 15) is 0 Å². The molecule has 0 aromatic heterocycles. The molecule has 0 spiro atoms. The van der Waals surface area contributed by atoms with Crippen LogP contribution in [-0.2, 0) is 0 Å². The molecule has 58 valence electrons. The molecule has 1 saturated heterocycles. The molecule has 1 heterocycles. The number of hydrogen-bond donors (Lipinski definition) is 1. The summed E-state index contributed by atoms with van der Waals surface area (Å²) in [6, 6.07) is 0.910. The van der Waals surface area contributed by atoms with Gasteiger partial charge in [0.25, 0.3) is 0 Å². The normalized spacial score (nSPS) is 45.3. The molecule has 3 unspecified atom stereocenters. The van der Waals surface area contributed by atoms with Crippen LogP contribution in [0.5, 0.6) is 0 Å². The van der Waals surface area contributed by atoms with E-state index in [1.165, 1.54) is 19.4 Å². The fourth-order valence-corrected chi connectivity index (χ4v) is 2.60. The minimum absolute atomic E-state index is 0.910. The average molecular weight is 139 g/mol. The van der Waals surface area contributed by atoms with E-state index in [2.05, 4.69) is 19.2 Å². The van der Waals surface area contributed by atoms with Crippen LogP contribution >= 0.6 is 0 Å². The summed E-state index contributed by atoms with van der Waals surface area (Å²) in [6.45, 7) is 6.00. The smallest absolute Gasteiger partial charge is 0.0101 e. The van der Waals surface area contributed by atoms with Crippen LogP contribution in [0.4, 0.5) is 0 Å². The SMILES string of the molecule is CC(C)C1CC2NCCC21. The molecular formula is C9H17N. The lowest BCUT2D eigenvalue weighted by molar-refractivity contribution is 0.102. The maximum atomic E-state index is 3.54. The van der Waals surface area contributed by atoms with Gasteiger partial charge in [-0.25, -0.2) is 0 Å². The van der Waals surface area contributed by atoms with Gasteiger partial charge in [-0.1, -0.05) is 13.8 Å². The van der Waals surface area contributed by atoms with Gasteiger partial charge in [0.1, 0.15) is 0 Å². The maximum absolute atomic E-state index is 3.54. The second-order valence-electron chi connectivity index (χ2n) is 4.16. The molecule has 1 aliphatic carbocycles. The van der Waals surface area contributed by atoms with Gasteiger partial charge in [0.15, 0.2) is 0 Å². The van der Waals surface area contributed by atoms with Gasteiger partial charge >= 0.3 is 0 Å². The van der Waals surface area contributed by atoms with Gasteiger partial charge in [0.05, 0.1) is 0 Å². The largest absolute Gasteiger partial charge is 0.314 e. The standard InChI is InChI=1S/C9H17N/c1-6(2)8-5-9-7(8)3-4-10-9/h6-10H,3-5H2,1-2H3. The quantitative estimate of drug-likeness (QED) is 0.582. The van der Waals surface area contributed by atoms with Gasteiger partial charge in [-0.2, -0.15) is 0 Å². The van der Waals surface area contributed by atoms with Crippen LogP contribution in [0.15, 0.2) is 0 Å². The molecule has 0 amide bonds. The highest BCUT2D eigenvalue weighted by molar-refractivity contribution is 4.99. The molecular weight excluding hydrogens is 122 g/mol. The van der Waals surface area contributed by atoms with Crippen molar-refractivity contribution in [2.75, 3.05) is 6.54 Å². The third-order valence-electron chi connectivity index (χ3n) is 3.33. The molecule has 3 atom stereocenters. The lowest BCUT2D eigenvalue weighted by atomic mass is 9.65. The van der Waals surface area contributed by atoms with Crippen molar-refractivity contribution in [3.8, 4) is 0 Å². The third-order valence-corrected chi connectivity index (χ3v) is 3.33. The molecule has 0 bridgehead atoms. The van der Waals surface area contributed by atoms with Crippen molar-refractivity contribution in [3.63, 3.8) is 0 Å². The van der Waals surface area contributed by atoms with Crippen molar-refractivity contribution < 1.29 is 0 Å². The van der Waals surface area contributed by atoms with Crippen LogP contribution in [0, 0.1) is 17.8 Å². The first kappa shape index (κ1) is 6.66. The Bertz CT molecular complexity index is 131. The molecule has 1 heteroatoms. The monoisotopic (exact) mass is 139 g/mol. The summed E-state index contributed by atoms with van der Waals surface area (Å²) in [5.41, 5.74) is 0. The molecule has 0 radical (unpaired) electrons. The minimum atomic E-state index is 0.910. The first-order valence-electron chi connectivity index (χ1n) is 4.52. The van der Waals surface area contributed by atoms with E-state index in [-0.39, 0.29) is 0 Å². The maximum Gasteiger partial charge on any atom is 0.0101 e. The Morgan fingerprint density at radius 2 is 2.20 bits per heavy atom. The van der Waals surface area contributed by atoms with Gasteiger partial charge < -0.3 is 5.32 Å². The van der Waals surface area contributed by atoms with Crippen LogP contribution in [-0.4, -0.2) is 12.6 Å². The van der Waals surface area contributed by atoms with Gasteiger partial charge in [0, 0.05) is 6.04 Å². The Kier molecular flexibility index (Phi) is 1.48. The first-order valence-corrected chi connectivity index (χ1v) is 4.52. The van der Waals surface area contributed by atoms with Crippen molar-refractivity contribution in [1.82, 2.24) is 5.32 Å². The fourth-order valence-electron chi connectivity index (χ4n) is 2.60. The van der Waals surface area contributed by atoms with Crippen molar-refractivity contribution in [2.45, 2.75) is 32.7 Å². The highest BCUT2D eigenvalue weighted by atomic mass is 15.0. The van der Waals surface area contributed by atoms with Gasteiger partial charge in [-0.3, -0.25) is 0 Å². The molecule has 2 fully saturated rings. The van der Waals surface area contributed by atoms with E-state index in [0.717, 1.165) is 23.8 Å². The number of fused-ring (bicyclic) bond motifs is 1. The zero-order chi connectivity index (χ0) is 7.14. The summed E-state index contributed by atoms with van der Waals surface area (Å²) >= 11 is 0. The third kappa shape index (κ3) is 0.800. The molecule has 2 aliphatic rings. The lowest BCUT2D eigenvalue weighted by Crippen LogP contribution is -2.45. The predicted molar refractivity (Wildman–Crippen MR) is 42.8 cm³/mol. The van der Waals surface area contributed by atoms with E-state index < -0.39 is 0 Å². The van der Waals surface area contributed by atoms with Crippen molar-refractivity contribution in [2.24, 2.45) is 17.8 Å². The van der Waals surface area contributed by atoms with Crippen LogP contribution in [0.25, 0.3) is 0 Å². The highest BCUT2D eigenvalue weighted by Crippen LogP contribution is 2.44. The molecule has 10 heavy (non-hydrogen) atoms. The Hall–Kier alpha value is -0.0400. The van der Waals surface area contributed by atoms with Crippen LogP contribution < -0.4 is 5.32 Å². The summed E-state index contributed by atoms with van der Waals surface area (Å²) in [4.78, 5) is 0. The van der Waals surface area contributed by atoms with E-state index in [1.54, 1.807) is 0 Å². The minimum Gasteiger partial charge on any atom is -0.314 e. The Balaban J connectivity index is 1.94. The molecule has 1 nitrogen and oxygen atoms in total. The van der Waals surface area contributed by atoms with Gasteiger partial charge in [-0.05, 0) is 37.1 Å². The summed E-state index contributed by atoms with van der Waals surface area (Å²) in [5, 5.41) is 3.54. The average Bonchev–Trinajstić information content (AvgIpc) is 2.11. The van der Waals surface area contributed by atoms with Crippen LogP contribution in [0.1, 0.15) is 26.7 Å². The molecule has 1 saturated carbocycles. The van der Waals surface area contributed by atoms with Crippen LogP contribution in [0.3, 0.4) is 0 Å². The van der Waals surface area contributed by atoms with E-state index >= 15 is 0 Å². The van der Waals surface area contributed by atoms with E-state index in [1.807, 2.05) is 0 Å². The molecule has 0 aromatic carbocycles. The summed E-state index contributed by atoms with van der Waals surface area (Å²) in [5.74, 6) is 3.00. The topological polar surface area (TPSA) is 12.0 Å². The second-order valence-corrected chi connectivity index (χ2v) is 4.16. The highest BCUT2D eigenvalue weighted by Gasteiger charge is 2.44. The number of rotatable bonds is 1. The van der Waals surface area contributed by atoms with Crippen LogP contribution in [0.2, 0.25) is 0 Å². The zero-order valence-corrected chi connectivity index (χ0v) is 6.93. The lowest BCUT2D eigenvalue weighted by Gasteiger charge is -2.42. The van der Waals surface area contributed by atoms with E-state index in [4.69, 9.17) is 0 Å². The Morgan fingerprint density at radius 1 is 1.40 bits per heavy atom. The number of nitrogens with one attached hydrogen (secondary N) is 1. The fraction of sp³-hybridized carbons (Fsp3) is 1.00. The van der Waals surface area contributed by atoms with Crippen molar-refractivity contribution >= 4 is 0 Å². The summed E-state index contributed by atoms with van der Waals surface area (Å²) in [7, 11) is 0. The number of hydrogen-bond acceptors (Lipinski definition) is 1. The molecule has 0 aromatic rings. The molecule has 1 aliphatic heterocycles. The van der Waals surface area contributed by atoms with Gasteiger partial charge in [0.2, 0.25) is 0 Å². The molecule has 1 N–H and O–H groups in total. The first-order chi connectivity index (χ1) is 4.79. The van der Waals surface area contributed by atoms with Crippen molar-refractivity contribution in [1.29, 1.82) is 0 Å². The summed E-state index contributed by atoms with van der Waals surface area (Å²) in [6.07, 6.45) is 2.88. The zero-order valence-electron chi connectivity index (χ0n) is 6.93. The van der Waals surface area contributed by atoms with Crippen molar-refractivity contribution in [3.05, 3.63) is 0 Å².